The molecule has 0 saturated carbocycles. The smallest absolute Gasteiger partial charge is 0.229 e. The molecule has 12 heavy (non-hydrogen) atoms. The van der Waals surface area contributed by atoms with Gasteiger partial charge in [-0.15, -0.1) is 0 Å². The normalized spacial score (nSPS) is 12.5. The van der Waals surface area contributed by atoms with E-state index in [1.54, 1.807) is 0 Å². The molecule has 66 valence electrons. The van der Waals surface area contributed by atoms with Crippen molar-refractivity contribution >= 4 is 11.9 Å². The number of nitrogens with zero attached hydrogens (tertiary/aromatic N) is 2. The molecule has 1 heterocycles. The Bertz CT molecular complexity index is 244. The number of hydrogen-bond donors (Lipinski definition) is 2. The summed E-state index contributed by atoms with van der Waals surface area (Å²) in [7, 11) is 0. The van der Waals surface area contributed by atoms with E-state index in [-0.39, 0.29) is 11.8 Å². The van der Waals surface area contributed by atoms with Crippen LogP contribution in [0.15, 0.2) is 6.33 Å². The molecule has 0 fully saturated rings. The van der Waals surface area contributed by atoms with Crippen LogP contribution in [0.2, 0.25) is 0 Å². The molecule has 5 nitrogen and oxygen atoms in total. The first-order chi connectivity index (χ1) is 5.74. The van der Waals surface area contributed by atoms with E-state index in [0.29, 0.717) is 5.95 Å². The summed E-state index contributed by atoms with van der Waals surface area (Å²) in [6.07, 6.45) is 2.17. The first kappa shape index (κ1) is 8.70. The zero-order valence-corrected chi connectivity index (χ0v) is 7.16. The molecule has 0 aromatic carbocycles. The van der Waals surface area contributed by atoms with Gasteiger partial charge in [0, 0.05) is 5.92 Å². The van der Waals surface area contributed by atoms with Crippen LogP contribution in [-0.2, 0) is 4.79 Å². The van der Waals surface area contributed by atoms with Gasteiger partial charge in [-0.1, -0.05) is 13.8 Å². The quantitative estimate of drug-likeness (QED) is 0.700. The number of amides is 1. The lowest BCUT2D eigenvalue weighted by Crippen LogP contribution is -2.20. The molecule has 0 aliphatic heterocycles. The van der Waals surface area contributed by atoms with Crippen LogP contribution in [0.25, 0.3) is 0 Å². The zero-order chi connectivity index (χ0) is 8.97. The summed E-state index contributed by atoms with van der Waals surface area (Å²) < 4.78 is 0. The first-order valence-electron chi connectivity index (χ1n) is 3.90. The minimum Gasteiger partial charge on any atom is -0.295 e. The highest BCUT2D eigenvalue weighted by atomic mass is 16.2. The molecular weight excluding hydrogens is 156 g/mol. The van der Waals surface area contributed by atoms with Gasteiger partial charge in [0.25, 0.3) is 0 Å². The predicted octanol–water partition coefficient (Wildman–Crippen LogP) is 0.789. The second kappa shape index (κ2) is 3.85. The van der Waals surface area contributed by atoms with E-state index in [4.69, 9.17) is 0 Å². The van der Waals surface area contributed by atoms with Crippen LogP contribution in [0.4, 0.5) is 5.95 Å². The fraction of sp³-hybridized carbons (Fsp3) is 0.571. The average molecular weight is 168 g/mol. The van der Waals surface area contributed by atoms with E-state index >= 15 is 0 Å². The van der Waals surface area contributed by atoms with Gasteiger partial charge in [-0.25, -0.2) is 5.10 Å². The number of hydrogen-bond acceptors (Lipinski definition) is 3. The van der Waals surface area contributed by atoms with Crippen molar-refractivity contribution < 1.29 is 4.79 Å². The average Bonchev–Trinajstić information content (AvgIpc) is 2.55. The minimum absolute atomic E-state index is 0.00935. The number of H-pyrrole nitrogens is 1. The number of nitrogens with one attached hydrogen (secondary N) is 2. The van der Waals surface area contributed by atoms with Crippen LogP contribution < -0.4 is 5.32 Å². The third-order valence-electron chi connectivity index (χ3n) is 1.72. The molecule has 1 atom stereocenters. The Morgan fingerprint density at radius 1 is 1.83 bits per heavy atom. The fourth-order valence-corrected chi connectivity index (χ4v) is 0.691. The van der Waals surface area contributed by atoms with Gasteiger partial charge >= 0.3 is 0 Å². The Morgan fingerprint density at radius 2 is 2.58 bits per heavy atom. The molecular formula is C7H12N4O. The SMILES string of the molecule is CCC(C)C(=O)Nc1ncn[nH]1. The van der Waals surface area contributed by atoms with Crippen molar-refractivity contribution in [2.24, 2.45) is 5.92 Å². The number of carbonyl (C=O) groups excluding carboxylic acids is 1. The summed E-state index contributed by atoms with van der Waals surface area (Å²) >= 11 is 0. The monoisotopic (exact) mass is 168 g/mol. The third kappa shape index (κ3) is 2.05. The highest BCUT2D eigenvalue weighted by Crippen LogP contribution is 2.03. The molecule has 1 amide bonds. The van der Waals surface area contributed by atoms with Crippen molar-refractivity contribution in [1.82, 2.24) is 15.2 Å². The van der Waals surface area contributed by atoms with E-state index in [2.05, 4.69) is 20.5 Å². The van der Waals surface area contributed by atoms with Gasteiger partial charge in [0.15, 0.2) is 0 Å². The van der Waals surface area contributed by atoms with Crippen LogP contribution in [0.3, 0.4) is 0 Å². The maximum Gasteiger partial charge on any atom is 0.229 e. The first-order valence-corrected chi connectivity index (χ1v) is 3.90. The summed E-state index contributed by atoms with van der Waals surface area (Å²) in [6.45, 7) is 3.83. The van der Waals surface area contributed by atoms with Gasteiger partial charge in [0.2, 0.25) is 11.9 Å². The Kier molecular flexibility index (Phi) is 2.79. The van der Waals surface area contributed by atoms with E-state index in [0.717, 1.165) is 6.42 Å². The van der Waals surface area contributed by atoms with Gasteiger partial charge in [0.1, 0.15) is 6.33 Å². The highest BCUT2D eigenvalue weighted by Gasteiger charge is 2.10. The highest BCUT2D eigenvalue weighted by molar-refractivity contribution is 5.90. The van der Waals surface area contributed by atoms with Crippen LogP contribution in [-0.4, -0.2) is 21.1 Å². The number of aromatic amines is 1. The van der Waals surface area contributed by atoms with Crippen molar-refractivity contribution in [3.05, 3.63) is 6.33 Å². The van der Waals surface area contributed by atoms with Gasteiger partial charge in [-0.2, -0.15) is 10.1 Å². The van der Waals surface area contributed by atoms with Gasteiger partial charge in [-0.05, 0) is 6.42 Å². The molecule has 2 N–H and O–H groups in total. The number of anilines is 1. The summed E-state index contributed by atoms with van der Waals surface area (Å²) in [5.74, 6) is 0.379. The summed E-state index contributed by atoms with van der Waals surface area (Å²) in [6, 6.07) is 0. The molecule has 0 bridgehead atoms. The van der Waals surface area contributed by atoms with Crippen molar-refractivity contribution in [2.45, 2.75) is 20.3 Å². The van der Waals surface area contributed by atoms with Crippen molar-refractivity contribution in [3.8, 4) is 0 Å². The molecule has 5 heteroatoms. The minimum atomic E-state index is -0.0331. The molecule has 0 radical (unpaired) electrons. The number of rotatable bonds is 3. The third-order valence-corrected chi connectivity index (χ3v) is 1.72. The molecule has 0 aliphatic carbocycles. The van der Waals surface area contributed by atoms with E-state index < -0.39 is 0 Å². The Hall–Kier alpha value is -1.39. The van der Waals surface area contributed by atoms with Crippen LogP contribution in [0, 0.1) is 5.92 Å². The largest absolute Gasteiger partial charge is 0.295 e. The second-order valence-corrected chi connectivity index (χ2v) is 2.63. The molecule has 1 unspecified atom stereocenters. The van der Waals surface area contributed by atoms with Crippen LogP contribution >= 0.6 is 0 Å². The molecule has 0 spiro atoms. The summed E-state index contributed by atoms with van der Waals surface area (Å²) in [5.41, 5.74) is 0. The molecule has 0 aliphatic rings. The van der Waals surface area contributed by atoms with Gasteiger partial charge < -0.3 is 0 Å². The van der Waals surface area contributed by atoms with E-state index in [9.17, 15) is 4.79 Å². The summed E-state index contributed by atoms with van der Waals surface area (Å²) in [5, 5.41) is 8.77. The molecule has 1 aromatic heterocycles. The Balaban J connectivity index is 2.47. The lowest BCUT2D eigenvalue weighted by Gasteiger charge is -2.06. The van der Waals surface area contributed by atoms with Gasteiger partial charge in [0.05, 0.1) is 0 Å². The maximum atomic E-state index is 11.2. The number of carbonyl (C=O) groups is 1. The van der Waals surface area contributed by atoms with Crippen molar-refractivity contribution in [2.75, 3.05) is 5.32 Å². The molecule has 0 saturated heterocycles. The Morgan fingerprint density at radius 3 is 3.08 bits per heavy atom. The lowest BCUT2D eigenvalue weighted by atomic mass is 10.1. The zero-order valence-electron chi connectivity index (χ0n) is 7.16. The molecule has 1 rings (SSSR count). The lowest BCUT2D eigenvalue weighted by molar-refractivity contribution is -0.119. The second-order valence-electron chi connectivity index (χ2n) is 2.63. The van der Waals surface area contributed by atoms with Crippen molar-refractivity contribution in [3.63, 3.8) is 0 Å². The van der Waals surface area contributed by atoms with Crippen molar-refractivity contribution in [1.29, 1.82) is 0 Å². The van der Waals surface area contributed by atoms with E-state index in [1.165, 1.54) is 6.33 Å². The van der Waals surface area contributed by atoms with Crippen LogP contribution in [0.5, 0.6) is 0 Å². The topological polar surface area (TPSA) is 70.7 Å². The van der Waals surface area contributed by atoms with Gasteiger partial charge in [-0.3, -0.25) is 10.1 Å². The number of aromatic nitrogens is 3. The van der Waals surface area contributed by atoms with E-state index in [1.807, 2.05) is 13.8 Å². The Labute approximate surface area is 70.6 Å². The van der Waals surface area contributed by atoms with Crippen LogP contribution in [0.1, 0.15) is 20.3 Å². The maximum absolute atomic E-state index is 11.2. The predicted molar refractivity (Wildman–Crippen MR) is 44.5 cm³/mol. The summed E-state index contributed by atoms with van der Waals surface area (Å²) in [4.78, 5) is 15.0. The molecule has 1 aromatic rings. The standard InChI is InChI=1S/C7H12N4O/c1-3-5(2)6(12)10-7-8-4-9-11-7/h4-5H,3H2,1-2H3,(H2,8,9,10,11,12). The fourth-order valence-electron chi connectivity index (χ4n) is 0.691.